The molecule has 0 aliphatic rings. The molecule has 0 radical (unpaired) electrons. The van der Waals surface area contributed by atoms with Gasteiger partial charge in [-0.2, -0.15) is 0 Å². The molecule has 1 aromatic heterocycles. The third kappa shape index (κ3) is 5.11. The Labute approximate surface area is 286 Å². The van der Waals surface area contributed by atoms with Crippen LogP contribution in [0, 0.1) is 0 Å². The average molecular weight is 625 g/mol. The van der Waals surface area contributed by atoms with Crippen molar-refractivity contribution in [2.45, 2.75) is 0 Å². The summed E-state index contributed by atoms with van der Waals surface area (Å²) in [5.74, 6) is 0.878. The van der Waals surface area contributed by atoms with Crippen molar-refractivity contribution >= 4 is 49.5 Å². The zero-order valence-electron chi connectivity index (χ0n) is 26.9. The highest BCUT2D eigenvalue weighted by Gasteiger charge is 2.20. The van der Waals surface area contributed by atoms with E-state index in [9.17, 15) is 0 Å². The van der Waals surface area contributed by atoms with Crippen LogP contribution >= 0.6 is 0 Å². The van der Waals surface area contributed by atoms with Crippen molar-refractivity contribution in [3.63, 3.8) is 0 Å². The number of aromatic nitrogens is 1. The van der Waals surface area contributed by atoms with Crippen molar-refractivity contribution in [3.8, 4) is 33.4 Å². The zero-order chi connectivity index (χ0) is 32.6. The topological polar surface area (TPSA) is 16.1 Å². The summed E-state index contributed by atoms with van der Waals surface area (Å²) in [6, 6.07) is 67.4. The lowest BCUT2D eigenvalue weighted by Gasteiger charge is -2.25. The van der Waals surface area contributed by atoms with Crippen LogP contribution in [0.25, 0.3) is 65.7 Å². The van der Waals surface area contributed by atoms with E-state index in [1.54, 1.807) is 0 Å². The molecule has 0 saturated heterocycles. The summed E-state index contributed by atoms with van der Waals surface area (Å²) < 4.78 is 0. The largest absolute Gasteiger partial charge is 0.295 e. The summed E-state index contributed by atoms with van der Waals surface area (Å²) in [4.78, 5) is 7.00. The second-order valence-corrected chi connectivity index (χ2v) is 12.4. The Morgan fingerprint density at radius 3 is 1.57 bits per heavy atom. The number of benzene rings is 8. The van der Waals surface area contributed by atoms with Crippen LogP contribution in [0.4, 0.5) is 17.2 Å². The van der Waals surface area contributed by atoms with Crippen LogP contribution in [0.3, 0.4) is 0 Å². The number of fused-ring (bicyclic) bond motifs is 3. The SMILES string of the molecule is c1ccc(-c2ccccc2-c2c3ccccc3c(-c3ccc(N(c4ccc5ccccc5c4)c4ccccn4)cc3)c3ccccc23)cc1. The molecule has 49 heavy (non-hydrogen) atoms. The highest BCUT2D eigenvalue weighted by atomic mass is 15.2. The summed E-state index contributed by atoms with van der Waals surface area (Å²) in [5.41, 5.74) is 9.51. The number of rotatable bonds is 6. The molecule has 230 valence electrons. The van der Waals surface area contributed by atoms with Crippen LogP contribution in [-0.2, 0) is 0 Å². The minimum absolute atomic E-state index is 0.878. The molecule has 0 fully saturated rings. The maximum Gasteiger partial charge on any atom is 0.137 e. The van der Waals surface area contributed by atoms with Crippen LogP contribution in [0.15, 0.2) is 194 Å². The Morgan fingerprint density at radius 2 is 0.898 bits per heavy atom. The zero-order valence-corrected chi connectivity index (χ0v) is 26.9. The molecule has 8 aromatic carbocycles. The lowest BCUT2D eigenvalue weighted by Crippen LogP contribution is -2.11. The van der Waals surface area contributed by atoms with Gasteiger partial charge in [0.1, 0.15) is 5.82 Å². The van der Waals surface area contributed by atoms with Crippen LogP contribution in [0.1, 0.15) is 0 Å². The van der Waals surface area contributed by atoms with Crippen LogP contribution in [-0.4, -0.2) is 4.98 Å². The summed E-state index contributed by atoms with van der Waals surface area (Å²) >= 11 is 0. The highest BCUT2D eigenvalue weighted by molar-refractivity contribution is 6.22. The Bertz CT molecular complexity index is 2530. The average Bonchev–Trinajstić information content (AvgIpc) is 3.18. The smallest absolute Gasteiger partial charge is 0.137 e. The number of nitrogens with zero attached hydrogens (tertiary/aromatic N) is 2. The summed E-state index contributed by atoms with van der Waals surface area (Å²) in [5, 5.41) is 7.39. The van der Waals surface area contributed by atoms with E-state index in [-0.39, 0.29) is 0 Å². The number of hydrogen-bond donors (Lipinski definition) is 0. The molecule has 0 bridgehead atoms. The Balaban J connectivity index is 1.23. The molecule has 0 spiro atoms. The van der Waals surface area contributed by atoms with Gasteiger partial charge in [-0.25, -0.2) is 4.98 Å². The standard InChI is InChI=1S/C47H32N2/c1-2-15-34(16-3-1)39-18-6-7-19-40(39)47-43-22-10-8-20-41(43)46(42-21-9-11-23-44(42)47)35-26-28-37(29-27-35)49(45-24-12-13-31-48-45)38-30-25-33-14-4-5-17-36(33)32-38/h1-32H. The molecule has 0 unspecified atom stereocenters. The third-order valence-corrected chi connectivity index (χ3v) is 9.50. The lowest BCUT2D eigenvalue weighted by molar-refractivity contribution is 1.18. The molecule has 2 nitrogen and oxygen atoms in total. The van der Waals surface area contributed by atoms with Gasteiger partial charge in [0.15, 0.2) is 0 Å². The van der Waals surface area contributed by atoms with Crippen molar-refractivity contribution in [1.29, 1.82) is 0 Å². The predicted octanol–water partition coefficient (Wildman–Crippen LogP) is 13.0. The van der Waals surface area contributed by atoms with E-state index < -0.39 is 0 Å². The van der Waals surface area contributed by atoms with Crippen LogP contribution in [0.5, 0.6) is 0 Å². The first-order chi connectivity index (χ1) is 24.3. The van der Waals surface area contributed by atoms with Gasteiger partial charge >= 0.3 is 0 Å². The molecule has 0 aliphatic carbocycles. The molecule has 0 atom stereocenters. The van der Waals surface area contributed by atoms with Gasteiger partial charge in [-0.15, -0.1) is 0 Å². The van der Waals surface area contributed by atoms with E-state index in [0.717, 1.165) is 17.2 Å². The van der Waals surface area contributed by atoms with Crippen molar-refractivity contribution in [2.24, 2.45) is 0 Å². The van der Waals surface area contributed by atoms with E-state index in [1.807, 2.05) is 18.3 Å². The molecule has 9 rings (SSSR count). The minimum atomic E-state index is 0.878. The molecular weight excluding hydrogens is 593 g/mol. The molecule has 9 aromatic rings. The fourth-order valence-electron chi connectivity index (χ4n) is 7.29. The maximum absolute atomic E-state index is 4.77. The third-order valence-electron chi connectivity index (χ3n) is 9.50. The van der Waals surface area contributed by atoms with Crippen molar-refractivity contribution < 1.29 is 0 Å². The molecule has 0 amide bonds. The fraction of sp³-hybridized carbons (Fsp3) is 0. The van der Waals surface area contributed by atoms with Crippen molar-refractivity contribution in [2.75, 3.05) is 4.90 Å². The van der Waals surface area contributed by atoms with Crippen LogP contribution in [0.2, 0.25) is 0 Å². The summed E-state index contributed by atoms with van der Waals surface area (Å²) in [6.45, 7) is 0. The first kappa shape index (κ1) is 28.7. The van der Waals surface area contributed by atoms with Crippen molar-refractivity contribution in [3.05, 3.63) is 194 Å². The molecular formula is C47H32N2. The fourth-order valence-corrected chi connectivity index (χ4v) is 7.29. The Hall–Kier alpha value is -6.51. The van der Waals surface area contributed by atoms with E-state index >= 15 is 0 Å². The van der Waals surface area contributed by atoms with Gasteiger partial charge in [-0.05, 0) is 102 Å². The first-order valence-electron chi connectivity index (χ1n) is 16.7. The van der Waals surface area contributed by atoms with E-state index in [0.29, 0.717) is 0 Å². The van der Waals surface area contributed by atoms with Gasteiger partial charge in [0.2, 0.25) is 0 Å². The van der Waals surface area contributed by atoms with Crippen molar-refractivity contribution in [1.82, 2.24) is 4.98 Å². The summed E-state index contributed by atoms with van der Waals surface area (Å²) in [6.07, 6.45) is 1.85. The van der Waals surface area contributed by atoms with E-state index in [4.69, 9.17) is 4.98 Å². The monoisotopic (exact) mass is 624 g/mol. The molecule has 0 N–H and O–H groups in total. The van der Waals surface area contributed by atoms with Crippen LogP contribution < -0.4 is 4.90 Å². The van der Waals surface area contributed by atoms with Gasteiger partial charge < -0.3 is 0 Å². The highest BCUT2D eigenvalue weighted by Crippen LogP contribution is 2.46. The normalized spacial score (nSPS) is 11.3. The number of hydrogen-bond acceptors (Lipinski definition) is 2. The molecule has 1 heterocycles. The first-order valence-corrected chi connectivity index (χ1v) is 16.7. The van der Waals surface area contributed by atoms with Gasteiger partial charge in [-0.1, -0.05) is 152 Å². The van der Waals surface area contributed by atoms with Gasteiger partial charge in [0.25, 0.3) is 0 Å². The minimum Gasteiger partial charge on any atom is -0.295 e. The van der Waals surface area contributed by atoms with E-state index in [1.165, 1.54) is 65.7 Å². The van der Waals surface area contributed by atoms with Gasteiger partial charge in [0, 0.05) is 17.6 Å². The molecule has 0 aliphatic heterocycles. The second kappa shape index (κ2) is 12.3. The van der Waals surface area contributed by atoms with Gasteiger partial charge in [-0.3, -0.25) is 4.90 Å². The molecule has 0 saturated carbocycles. The quantitative estimate of drug-likeness (QED) is 0.171. The maximum atomic E-state index is 4.77. The van der Waals surface area contributed by atoms with E-state index in [2.05, 4.69) is 181 Å². The second-order valence-electron chi connectivity index (χ2n) is 12.4. The Morgan fingerprint density at radius 1 is 0.347 bits per heavy atom. The lowest BCUT2D eigenvalue weighted by atomic mass is 9.84. The van der Waals surface area contributed by atoms with Gasteiger partial charge in [0.05, 0.1) is 0 Å². The number of anilines is 3. The predicted molar refractivity (Wildman–Crippen MR) is 208 cm³/mol. The molecule has 2 heteroatoms. The number of pyridine rings is 1. The Kier molecular flexibility index (Phi) is 7.18. The summed E-state index contributed by atoms with van der Waals surface area (Å²) in [7, 11) is 0.